The van der Waals surface area contributed by atoms with Gasteiger partial charge in [-0.1, -0.05) is 43.0 Å². The number of hydrogen-bond acceptors (Lipinski definition) is 5. The summed E-state index contributed by atoms with van der Waals surface area (Å²) >= 11 is 0. The van der Waals surface area contributed by atoms with Crippen molar-refractivity contribution < 1.29 is 18.1 Å². The Kier molecular flexibility index (Phi) is 4.73. The Bertz CT molecular complexity index is 1100. The van der Waals surface area contributed by atoms with Gasteiger partial charge in [0.1, 0.15) is 5.75 Å². The second-order valence-electron chi connectivity index (χ2n) is 5.57. The van der Waals surface area contributed by atoms with Gasteiger partial charge in [0.05, 0.1) is 21.8 Å². The van der Waals surface area contributed by atoms with Gasteiger partial charge in [-0.05, 0) is 23.6 Å². The van der Waals surface area contributed by atoms with E-state index < -0.39 is 20.5 Å². The Morgan fingerprint density at radius 2 is 1.81 bits per heavy atom. The third-order valence-electron chi connectivity index (χ3n) is 3.90. The molecule has 0 fully saturated rings. The van der Waals surface area contributed by atoms with Crippen molar-refractivity contribution in [2.75, 3.05) is 0 Å². The summed E-state index contributed by atoms with van der Waals surface area (Å²) in [6, 6.07) is 16.1. The number of nitro benzene ring substituents is 1. The van der Waals surface area contributed by atoms with Gasteiger partial charge in [-0.3, -0.25) is 10.1 Å². The van der Waals surface area contributed by atoms with E-state index in [4.69, 9.17) is 4.74 Å². The van der Waals surface area contributed by atoms with Crippen molar-refractivity contribution in [3.05, 3.63) is 89.2 Å². The van der Waals surface area contributed by atoms with Gasteiger partial charge in [0, 0.05) is 17.0 Å². The highest BCUT2D eigenvalue weighted by Gasteiger charge is 2.24. The van der Waals surface area contributed by atoms with E-state index in [9.17, 15) is 18.5 Å². The van der Waals surface area contributed by atoms with Crippen LogP contribution in [0, 0.1) is 10.1 Å². The molecule has 0 aliphatic rings. The second-order valence-corrected chi connectivity index (χ2v) is 7.53. The van der Waals surface area contributed by atoms with Gasteiger partial charge in [0.15, 0.2) is 9.84 Å². The van der Waals surface area contributed by atoms with Crippen molar-refractivity contribution in [2.24, 2.45) is 0 Å². The summed E-state index contributed by atoms with van der Waals surface area (Å²) in [5.74, 6) is -0.222. The van der Waals surface area contributed by atoms with Crippen molar-refractivity contribution >= 4 is 26.3 Å². The molecule has 0 aliphatic carbocycles. The fourth-order valence-corrected chi connectivity index (χ4v) is 4.38. The first-order chi connectivity index (χ1) is 12.4. The van der Waals surface area contributed by atoms with E-state index in [1.165, 1.54) is 30.5 Å². The van der Waals surface area contributed by atoms with E-state index >= 15 is 0 Å². The Hall–Kier alpha value is -3.19. The SMILES string of the molecule is C=COc1ccc([N+](=O)[O-])c(CS(=O)(=O)c2cccc3ccccc23)c1. The molecule has 0 aromatic heterocycles. The standard InChI is InChI=1S/C19H15NO5S/c1-2-25-16-10-11-18(20(21)22)15(12-16)13-26(23,24)19-9-5-7-14-6-3-4-8-17(14)19/h2-12H,1,13H2. The van der Waals surface area contributed by atoms with E-state index in [1.807, 2.05) is 18.2 Å². The molecule has 132 valence electrons. The lowest BCUT2D eigenvalue weighted by molar-refractivity contribution is -0.385. The summed E-state index contributed by atoms with van der Waals surface area (Å²) in [5.41, 5.74) is -0.215. The van der Waals surface area contributed by atoms with E-state index in [2.05, 4.69) is 6.58 Å². The minimum atomic E-state index is -3.81. The van der Waals surface area contributed by atoms with Crippen LogP contribution in [0.15, 0.2) is 78.4 Å². The van der Waals surface area contributed by atoms with Gasteiger partial charge in [-0.2, -0.15) is 0 Å². The third-order valence-corrected chi connectivity index (χ3v) is 5.61. The normalized spacial score (nSPS) is 11.2. The highest BCUT2D eigenvalue weighted by atomic mass is 32.2. The van der Waals surface area contributed by atoms with Crippen LogP contribution in [0.3, 0.4) is 0 Å². The van der Waals surface area contributed by atoms with Crippen LogP contribution >= 0.6 is 0 Å². The van der Waals surface area contributed by atoms with Gasteiger partial charge in [-0.15, -0.1) is 0 Å². The molecule has 0 bridgehead atoms. The summed E-state index contributed by atoms with van der Waals surface area (Å²) in [7, 11) is -3.81. The summed E-state index contributed by atoms with van der Waals surface area (Å²) in [5, 5.41) is 12.6. The van der Waals surface area contributed by atoms with Crippen LogP contribution in [0.4, 0.5) is 5.69 Å². The highest BCUT2D eigenvalue weighted by molar-refractivity contribution is 7.90. The highest BCUT2D eigenvalue weighted by Crippen LogP contribution is 2.30. The summed E-state index contributed by atoms with van der Waals surface area (Å²) in [6.07, 6.45) is 1.17. The molecular weight excluding hydrogens is 354 g/mol. The van der Waals surface area contributed by atoms with Gasteiger partial charge in [-0.25, -0.2) is 8.42 Å². The van der Waals surface area contributed by atoms with Crippen LogP contribution in [0.1, 0.15) is 5.56 Å². The molecule has 26 heavy (non-hydrogen) atoms. The minimum absolute atomic E-state index is 0.0577. The number of hydrogen-bond donors (Lipinski definition) is 0. The van der Waals surface area contributed by atoms with E-state index in [0.29, 0.717) is 5.39 Å². The van der Waals surface area contributed by atoms with Gasteiger partial charge in [0.2, 0.25) is 0 Å². The largest absolute Gasteiger partial charge is 0.466 e. The summed E-state index contributed by atoms with van der Waals surface area (Å²) < 4.78 is 31.1. The average Bonchev–Trinajstić information content (AvgIpc) is 2.61. The lowest BCUT2D eigenvalue weighted by Gasteiger charge is -2.10. The molecule has 3 aromatic rings. The van der Waals surface area contributed by atoms with Crippen molar-refractivity contribution in [1.82, 2.24) is 0 Å². The molecule has 0 saturated heterocycles. The fraction of sp³-hybridized carbons (Fsp3) is 0.0526. The van der Waals surface area contributed by atoms with Crippen LogP contribution in [-0.2, 0) is 15.6 Å². The smallest absolute Gasteiger partial charge is 0.273 e. The van der Waals surface area contributed by atoms with Gasteiger partial charge >= 0.3 is 0 Å². The first-order valence-corrected chi connectivity index (χ1v) is 9.33. The Labute approximate surface area is 150 Å². The molecule has 0 N–H and O–H groups in total. The zero-order valence-electron chi connectivity index (χ0n) is 13.7. The zero-order chi connectivity index (χ0) is 18.7. The maximum absolute atomic E-state index is 13.0. The number of benzene rings is 3. The van der Waals surface area contributed by atoms with Crippen LogP contribution in [-0.4, -0.2) is 13.3 Å². The predicted molar refractivity (Wildman–Crippen MR) is 98.8 cm³/mol. The molecule has 0 aliphatic heterocycles. The van der Waals surface area contributed by atoms with Crippen molar-refractivity contribution in [2.45, 2.75) is 10.6 Å². The quantitative estimate of drug-likeness (QED) is 0.368. The molecule has 3 rings (SSSR count). The van der Waals surface area contributed by atoms with Crippen molar-refractivity contribution in [1.29, 1.82) is 0 Å². The molecule has 0 unspecified atom stereocenters. The lowest BCUT2D eigenvalue weighted by Crippen LogP contribution is -2.08. The summed E-state index contributed by atoms with van der Waals surface area (Å²) in [4.78, 5) is 10.8. The Morgan fingerprint density at radius 1 is 1.08 bits per heavy atom. The minimum Gasteiger partial charge on any atom is -0.466 e. The third kappa shape index (κ3) is 3.43. The molecule has 0 amide bonds. The average molecular weight is 369 g/mol. The maximum Gasteiger partial charge on any atom is 0.273 e. The molecule has 0 saturated carbocycles. The molecule has 0 radical (unpaired) electrons. The Morgan fingerprint density at radius 3 is 2.54 bits per heavy atom. The van der Waals surface area contributed by atoms with Crippen LogP contribution < -0.4 is 4.74 Å². The van der Waals surface area contributed by atoms with Crippen molar-refractivity contribution in [3.8, 4) is 5.75 Å². The van der Waals surface area contributed by atoms with Gasteiger partial charge in [0.25, 0.3) is 5.69 Å². The van der Waals surface area contributed by atoms with Crippen LogP contribution in [0.5, 0.6) is 5.75 Å². The van der Waals surface area contributed by atoms with Gasteiger partial charge < -0.3 is 4.74 Å². The topological polar surface area (TPSA) is 86.5 Å². The molecular formula is C19H15NO5S. The number of ether oxygens (including phenoxy) is 1. The molecule has 0 heterocycles. The molecule has 0 spiro atoms. The summed E-state index contributed by atoms with van der Waals surface area (Å²) in [6.45, 7) is 3.43. The molecule has 7 heteroatoms. The molecule has 3 aromatic carbocycles. The number of sulfone groups is 1. The number of fused-ring (bicyclic) bond motifs is 1. The van der Waals surface area contributed by atoms with Crippen molar-refractivity contribution in [3.63, 3.8) is 0 Å². The second kappa shape index (κ2) is 6.97. The zero-order valence-corrected chi connectivity index (χ0v) is 14.5. The molecule has 6 nitrogen and oxygen atoms in total. The molecule has 0 atom stereocenters. The first kappa shape index (κ1) is 17.6. The predicted octanol–water partition coefficient (Wildman–Crippen LogP) is 4.24. The van der Waals surface area contributed by atoms with E-state index in [0.717, 1.165) is 5.39 Å². The maximum atomic E-state index is 13.0. The number of rotatable bonds is 6. The first-order valence-electron chi connectivity index (χ1n) is 7.68. The Balaban J connectivity index is 2.10. The fourth-order valence-electron chi connectivity index (χ4n) is 2.77. The monoisotopic (exact) mass is 369 g/mol. The number of nitrogens with zero attached hydrogens (tertiary/aromatic N) is 1. The van der Waals surface area contributed by atoms with E-state index in [-0.39, 0.29) is 21.9 Å². The van der Waals surface area contributed by atoms with Crippen LogP contribution in [0.2, 0.25) is 0 Å². The number of nitro groups is 1. The van der Waals surface area contributed by atoms with Crippen LogP contribution in [0.25, 0.3) is 10.8 Å². The van der Waals surface area contributed by atoms with E-state index in [1.54, 1.807) is 18.2 Å². The lowest BCUT2D eigenvalue weighted by atomic mass is 10.1.